The van der Waals surface area contributed by atoms with Gasteiger partial charge in [-0.15, -0.1) is 11.8 Å². The Balaban J connectivity index is 1.22. The number of methoxy groups -OCH3 is 2. The largest absolute Gasteiger partial charge is 0.542 e. The zero-order chi connectivity index (χ0) is 47.1. The molecule has 2 radical (unpaired) electrons. The van der Waals surface area contributed by atoms with E-state index in [1.165, 1.54) is 17.0 Å². The third-order valence-corrected chi connectivity index (χ3v) is 14.6. The molecule has 2 heterocycles. The highest BCUT2D eigenvalue weighted by molar-refractivity contribution is 8.14. The number of carbonyl (C=O) groups is 6. The molecule has 4 atom stereocenters. The molecular weight excluding hydrogens is 899 g/mol. The van der Waals surface area contributed by atoms with Gasteiger partial charge in [0.1, 0.15) is 41.5 Å². The zero-order valence-electron chi connectivity index (χ0n) is 36.2. The molecule has 2 unspecified atom stereocenters. The first-order valence-corrected chi connectivity index (χ1v) is 22.8. The van der Waals surface area contributed by atoms with Crippen molar-refractivity contribution in [3.63, 3.8) is 0 Å². The number of β-lactam (4-membered cyclic amide) rings is 1. The Hall–Kier alpha value is -5.85. The van der Waals surface area contributed by atoms with Crippen LogP contribution >= 0.6 is 23.4 Å². The molecule has 4 aromatic rings. The van der Waals surface area contributed by atoms with Crippen LogP contribution in [0.25, 0.3) is 0 Å². The molecule has 0 bridgehead atoms. The Morgan fingerprint density at radius 2 is 1.43 bits per heavy atom. The average Bonchev–Trinajstić information content (AvgIpc) is 3.56. The van der Waals surface area contributed by atoms with Crippen molar-refractivity contribution >= 4 is 77.7 Å². The summed E-state index contributed by atoms with van der Waals surface area (Å²) in [6.45, 7) is 3.85. The Kier molecular flexibility index (Phi) is 15.7. The smallest absolute Gasteiger partial charge is 0.417 e. The molecule has 0 saturated carbocycles. The van der Waals surface area contributed by atoms with Crippen molar-refractivity contribution in [3.8, 4) is 23.0 Å². The summed E-state index contributed by atoms with van der Waals surface area (Å²) in [7, 11) is 6.26. The van der Waals surface area contributed by atoms with Crippen LogP contribution in [0.1, 0.15) is 54.2 Å². The first kappa shape index (κ1) is 48.6. The first-order valence-electron chi connectivity index (χ1n) is 20.2. The normalized spacial score (nSPS) is 18.7. The van der Waals surface area contributed by atoms with Crippen LogP contribution in [0, 0.1) is 5.92 Å². The number of hydrogen-bond donors (Lipinski definition) is 0. The molecule has 0 spiro atoms. The lowest BCUT2D eigenvalue weighted by atomic mass is 9.90. The number of nitrogens with zero attached hydrogens (tertiary/aromatic N) is 2. The quantitative estimate of drug-likeness (QED) is 0.0444. The highest BCUT2D eigenvalue weighted by atomic mass is 35.5. The van der Waals surface area contributed by atoms with Crippen molar-refractivity contribution in [1.82, 2.24) is 9.80 Å². The molecule has 2 aliphatic heterocycles. The fourth-order valence-electron chi connectivity index (χ4n) is 7.07. The molecule has 19 heteroatoms. The van der Waals surface area contributed by atoms with Crippen LogP contribution in [0.3, 0.4) is 0 Å². The second kappa shape index (κ2) is 21.0. The van der Waals surface area contributed by atoms with E-state index in [1.807, 2.05) is 6.07 Å². The fraction of sp³-hybridized carbons (Fsp3) is 0.348. The van der Waals surface area contributed by atoms with E-state index < -0.39 is 68.0 Å². The van der Waals surface area contributed by atoms with E-state index in [2.05, 4.69) is 4.65 Å². The maximum Gasteiger partial charge on any atom is 0.417 e. The molecule has 4 aromatic carbocycles. The number of thioether (sulfide) groups is 1. The lowest BCUT2D eigenvalue weighted by Crippen LogP contribution is -2.59. The van der Waals surface area contributed by atoms with Crippen LogP contribution in [-0.4, -0.2) is 106 Å². The van der Waals surface area contributed by atoms with Crippen molar-refractivity contribution in [1.29, 1.82) is 0 Å². The van der Waals surface area contributed by atoms with Gasteiger partial charge in [-0.05, 0) is 67.8 Å². The van der Waals surface area contributed by atoms with Gasteiger partial charge in [-0.25, -0.2) is 9.69 Å². The van der Waals surface area contributed by atoms with Gasteiger partial charge in [0, 0.05) is 31.2 Å². The number of hydrogen-bond acceptors (Lipinski definition) is 14. The number of Topliss-reactive ketones (excluding diaryl/α,β-unsaturated/α-hetero) is 2. The van der Waals surface area contributed by atoms with E-state index in [9.17, 15) is 33.0 Å². The van der Waals surface area contributed by atoms with Crippen molar-refractivity contribution in [2.45, 2.75) is 61.9 Å². The molecule has 0 aromatic heterocycles. The van der Waals surface area contributed by atoms with E-state index in [1.54, 1.807) is 108 Å². The molecule has 65 heavy (non-hydrogen) atoms. The average molecular weight is 945 g/mol. The number of ketones is 2. The Bertz CT molecular complexity index is 2450. The molecular formula is C46H46BClN2O13S2. The number of amides is 3. The monoisotopic (exact) mass is 944 g/mol. The molecule has 2 aliphatic rings. The minimum absolute atomic E-state index is 0.0103. The van der Waals surface area contributed by atoms with Gasteiger partial charge in [-0.3, -0.25) is 28.2 Å². The lowest BCUT2D eigenvalue weighted by molar-refractivity contribution is -0.152. The second-order valence-corrected chi connectivity index (χ2v) is 19.8. The van der Waals surface area contributed by atoms with Gasteiger partial charge in [-0.1, -0.05) is 66.2 Å². The number of benzene rings is 4. The van der Waals surface area contributed by atoms with E-state index in [0.717, 1.165) is 28.5 Å². The Labute approximate surface area is 389 Å². The maximum atomic E-state index is 14.2. The first-order chi connectivity index (χ1) is 31.0. The molecule has 2 saturated heterocycles. The summed E-state index contributed by atoms with van der Waals surface area (Å²) in [5.41, 5.74) is 0.819. The highest BCUT2D eigenvalue weighted by Crippen LogP contribution is 2.49. The van der Waals surface area contributed by atoms with Crippen molar-refractivity contribution < 1.29 is 61.3 Å². The summed E-state index contributed by atoms with van der Waals surface area (Å²) >= 11 is 7.41. The van der Waals surface area contributed by atoms with E-state index in [-0.39, 0.29) is 66.2 Å². The molecule has 340 valence electrons. The van der Waals surface area contributed by atoms with Crippen LogP contribution in [0.2, 0.25) is 5.02 Å². The minimum Gasteiger partial charge on any atom is -0.542 e. The molecule has 0 aliphatic carbocycles. The highest BCUT2D eigenvalue weighted by Gasteiger charge is 2.67. The topological polar surface area (TPSA) is 181 Å². The molecule has 15 nitrogen and oxygen atoms in total. The molecule has 3 amide bonds. The van der Waals surface area contributed by atoms with Crippen LogP contribution in [-0.2, 0) is 59.0 Å². The number of imide groups is 1. The molecule has 0 N–H and O–H groups in total. The Morgan fingerprint density at radius 1 is 0.862 bits per heavy atom. The van der Waals surface area contributed by atoms with Gasteiger partial charge in [0.15, 0.2) is 11.5 Å². The summed E-state index contributed by atoms with van der Waals surface area (Å²) in [4.78, 5) is 83.4. The summed E-state index contributed by atoms with van der Waals surface area (Å²) in [5.74, 6) is -4.14. The van der Waals surface area contributed by atoms with Gasteiger partial charge >= 0.3 is 26.0 Å². The van der Waals surface area contributed by atoms with Gasteiger partial charge in [0.2, 0.25) is 9.99 Å². The summed E-state index contributed by atoms with van der Waals surface area (Å²) < 4.78 is 45.1. The number of rotatable bonds is 19. The van der Waals surface area contributed by atoms with Gasteiger partial charge < -0.3 is 33.2 Å². The van der Waals surface area contributed by atoms with Crippen LogP contribution in [0.5, 0.6) is 23.0 Å². The number of ether oxygens (including phenoxy) is 5. The van der Waals surface area contributed by atoms with Crippen molar-refractivity contribution in [2.75, 3.05) is 33.1 Å². The second-order valence-electron chi connectivity index (χ2n) is 16.0. The summed E-state index contributed by atoms with van der Waals surface area (Å²) in [5, 5.41) is -1.19. The summed E-state index contributed by atoms with van der Waals surface area (Å²) in [6, 6.07) is 25.7. The Morgan fingerprint density at radius 3 is 1.97 bits per heavy atom. The predicted octanol–water partition coefficient (Wildman–Crippen LogP) is 6.27. The maximum absolute atomic E-state index is 14.2. The van der Waals surface area contributed by atoms with Crippen LogP contribution in [0.4, 0.5) is 4.79 Å². The molecule has 6 rings (SSSR count). The van der Waals surface area contributed by atoms with Gasteiger partial charge in [-0.2, -0.15) is 0 Å². The van der Waals surface area contributed by atoms with E-state index in [4.69, 9.17) is 43.3 Å². The zero-order valence-corrected chi connectivity index (χ0v) is 38.6. The van der Waals surface area contributed by atoms with Gasteiger partial charge in [0.25, 0.3) is 5.78 Å². The SMILES string of the molecule is [B]OC(=O)C1(SCCN(C(=O)OC(C)(C)C)C(=O)C(=O)c2cc(OCc3ccc(OC)cc3)c(OCc3ccc(OC)cc3)cc2Cl)CN2C(=O)[C@@H](CC(=O)Cc3ccccc3)[C@H]2S1=O. The van der Waals surface area contributed by atoms with E-state index >= 15 is 0 Å². The van der Waals surface area contributed by atoms with Gasteiger partial charge in [0.05, 0.1) is 48.1 Å². The summed E-state index contributed by atoms with van der Waals surface area (Å²) in [6.07, 6.45) is -1.33. The molecule has 2 fully saturated rings. The number of halogens is 1. The lowest BCUT2D eigenvalue weighted by Gasteiger charge is -2.40. The fourth-order valence-corrected chi connectivity index (χ4v) is 11.1. The van der Waals surface area contributed by atoms with Crippen molar-refractivity contribution in [2.24, 2.45) is 5.92 Å². The van der Waals surface area contributed by atoms with E-state index in [0.29, 0.717) is 16.4 Å². The number of fused-ring (bicyclic) bond motifs is 1. The van der Waals surface area contributed by atoms with Crippen molar-refractivity contribution in [3.05, 3.63) is 118 Å². The third-order valence-electron chi connectivity index (χ3n) is 10.4. The van der Waals surface area contributed by atoms with Crippen LogP contribution < -0.4 is 18.9 Å². The standard InChI is InChI=1S/C46H46BClN2O13S2/c1-45(2,3)62-44(56)49(19-20-64-46(43(55)63-47)27-50-40(53)35(42(50)65(46)57)22-31(51)21-28-9-7-6-8-10-28)41(54)39(52)34-23-37(60-25-29-11-15-32(58-4)16-12-29)38(24-36(34)48)61-26-30-13-17-33(59-5)18-14-30/h6-18,23-24,35,42H,19-22,25-27H2,1-5H3/t35-,42-,46?,65?/m1/s1. The third kappa shape index (κ3) is 11.3. The number of carbonyl (C=O) groups excluding carboxylic acids is 6. The minimum atomic E-state index is -2.16. The van der Waals surface area contributed by atoms with Crippen LogP contribution in [0.15, 0.2) is 91.0 Å². The predicted molar refractivity (Wildman–Crippen MR) is 242 cm³/mol.